The number of hydrogen-bond donors (Lipinski definition) is 1. The standard InChI is InChI=1S/C17H19FN4O3/c18-13-3-1-2-4-14(13)25-12-17(23)20-11-15-19-6-5-16(21-15)22-7-9-24-10-8-22/h1-6H,7-12H2,(H,20,23). The van der Waals surface area contributed by atoms with Crippen LogP contribution in [0.3, 0.4) is 0 Å². The minimum absolute atomic E-state index is 0.0446. The molecule has 1 aliphatic heterocycles. The Bertz CT molecular complexity index is 723. The Kier molecular flexibility index (Phi) is 5.73. The van der Waals surface area contributed by atoms with Gasteiger partial charge in [0.05, 0.1) is 19.8 Å². The number of rotatable bonds is 6. The maximum Gasteiger partial charge on any atom is 0.258 e. The lowest BCUT2D eigenvalue weighted by molar-refractivity contribution is -0.123. The molecule has 1 aliphatic rings. The van der Waals surface area contributed by atoms with Gasteiger partial charge in [-0.05, 0) is 18.2 Å². The van der Waals surface area contributed by atoms with Gasteiger partial charge >= 0.3 is 0 Å². The zero-order chi connectivity index (χ0) is 17.5. The third-order valence-electron chi connectivity index (χ3n) is 3.66. The van der Waals surface area contributed by atoms with Crippen LogP contribution in [0.5, 0.6) is 5.75 Å². The first-order valence-corrected chi connectivity index (χ1v) is 8.01. The Labute approximate surface area is 144 Å². The number of aromatic nitrogens is 2. The number of amides is 1. The molecule has 1 N–H and O–H groups in total. The number of anilines is 1. The van der Waals surface area contributed by atoms with E-state index in [0.29, 0.717) is 19.0 Å². The van der Waals surface area contributed by atoms with E-state index < -0.39 is 5.82 Å². The first kappa shape index (κ1) is 17.1. The van der Waals surface area contributed by atoms with E-state index in [4.69, 9.17) is 9.47 Å². The van der Waals surface area contributed by atoms with E-state index in [-0.39, 0.29) is 24.8 Å². The fraction of sp³-hybridized carbons (Fsp3) is 0.353. The number of morpholine rings is 1. The predicted molar refractivity (Wildman–Crippen MR) is 88.8 cm³/mol. The van der Waals surface area contributed by atoms with Crippen molar-refractivity contribution in [1.29, 1.82) is 0 Å². The van der Waals surface area contributed by atoms with E-state index in [1.165, 1.54) is 12.1 Å². The lowest BCUT2D eigenvalue weighted by Gasteiger charge is -2.27. The topological polar surface area (TPSA) is 76.6 Å². The summed E-state index contributed by atoms with van der Waals surface area (Å²) >= 11 is 0. The second kappa shape index (κ2) is 8.39. The SMILES string of the molecule is O=C(COc1ccccc1F)NCc1nccc(N2CCOCC2)n1. The molecule has 7 nitrogen and oxygen atoms in total. The first-order chi connectivity index (χ1) is 12.2. The van der Waals surface area contributed by atoms with Crippen molar-refractivity contribution in [2.24, 2.45) is 0 Å². The van der Waals surface area contributed by atoms with Crippen LogP contribution >= 0.6 is 0 Å². The van der Waals surface area contributed by atoms with Gasteiger partial charge < -0.3 is 19.7 Å². The fourth-order valence-corrected chi connectivity index (χ4v) is 2.38. The molecule has 0 radical (unpaired) electrons. The molecule has 0 aliphatic carbocycles. The van der Waals surface area contributed by atoms with Crippen LogP contribution in [-0.2, 0) is 16.1 Å². The molecule has 0 atom stereocenters. The van der Waals surface area contributed by atoms with E-state index in [9.17, 15) is 9.18 Å². The van der Waals surface area contributed by atoms with Crippen LogP contribution in [0.1, 0.15) is 5.82 Å². The molecule has 0 bridgehead atoms. The summed E-state index contributed by atoms with van der Waals surface area (Å²) in [4.78, 5) is 22.6. The molecule has 0 saturated carbocycles. The number of hydrogen-bond acceptors (Lipinski definition) is 6. The maximum absolute atomic E-state index is 13.4. The number of nitrogens with zero attached hydrogens (tertiary/aromatic N) is 3. The number of carbonyl (C=O) groups is 1. The zero-order valence-corrected chi connectivity index (χ0v) is 13.7. The quantitative estimate of drug-likeness (QED) is 0.846. The second-order valence-electron chi connectivity index (χ2n) is 5.43. The molecule has 3 rings (SSSR count). The average molecular weight is 346 g/mol. The molecule has 2 aromatic rings. The molecule has 132 valence electrons. The van der Waals surface area contributed by atoms with Crippen molar-refractivity contribution in [3.63, 3.8) is 0 Å². The van der Waals surface area contributed by atoms with Crippen LogP contribution in [0.15, 0.2) is 36.5 Å². The highest BCUT2D eigenvalue weighted by atomic mass is 19.1. The van der Waals surface area contributed by atoms with Gasteiger partial charge in [0.2, 0.25) is 0 Å². The van der Waals surface area contributed by atoms with Gasteiger partial charge in [0.25, 0.3) is 5.91 Å². The van der Waals surface area contributed by atoms with Crippen molar-refractivity contribution in [3.8, 4) is 5.75 Å². The molecule has 1 aromatic carbocycles. The van der Waals surface area contributed by atoms with Crippen molar-refractivity contribution in [2.75, 3.05) is 37.8 Å². The number of benzene rings is 1. The summed E-state index contributed by atoms with van der Waals surface area (Å²) in [6, 6.07) is 7.77. The largest absolute Gasteiger partial charge is 0.481 e. The smallest absolute Gasteiger partial charge is 0.258 e. The van der Waals surface area contributed by atoms with Gasteiger partial charge in [-0.25, -0.2) is 14.4 Å². The summed E-state index contributed by atoms with van der Waals surface area (Å²) in [7, 11) is 0. The second-order valence-corrected chi connectivity index (χ2v) is 5.43. The molecule has 1 amide bonds. The highest BCUT2D eigenvalue weighted by molar-refractivity contribution is 5.77. The van der Waals surface area contributed by atoms with Crippen molar-refractivity contribution in [1.82, 2.24) is 15.3 Å². The van der Waals surface area contributed by atoms with Crippen molar-refractivity contribution < 1.29 is 18.7 Å². The summed E-state index contributed by atoms with van der Waals surface area (Å²) in [6.07, 6.45) is 1.66. The maximum atomic E-state index is 13.4. The van der Waals surface area contributed by atoms with Crippen LogP contribution in [-0.4, -0.2) is 48.8 Å². The van der Waals surface area contributed by atoms with Crippen molar-refractivity contribution >= 4 is 11.7 Å². The van der Waals surface area contributed by atoms with E-state index in [1.54, 1.807) is 18.3 Å². The van der Waals surface area contributed by atoms with Gasteiger partial charge in [0.15, 0.2) is 18.2 Å². The average Bonchev–Trinajstić information content (AvgIpc) is 2.67. The van der Waals surface area contributed by atoms with Crippen LogP contribution in [0.2, 0.25) is 0 Å². The summed E-state index contributed by atoms with van der Waals surface area (Å²) in [5.74, 6) is 0.483. The molecular formula is C17H19FN4O3. The van der Waals surface area contributed by atoms with Crippen LogP contribution in [0.4, 0.5) is 10.2 Å². The molecule has 2 heterocycles. The van der Waals surface area contributed by atoms with Gasteiger partial charge in [-0.2, -0.15) is 0 Å². The third kappa shape index (κ3) is 4.87. The highest BCUT2D eigenvalue weighted by Gasteiger charge is 2.13. The summed E-state index contributed by atoms with van der Waals surface area (Å²) in [5.41, 5.74) is 0. The summed E-state index contributed by atoms with van der Waals surface area (Å²) < 4.78 is 23.9. The van der Waals surface area contributed by atoms with E-state index >= 15 is 0 Å². The number of ether oxygens (including phenoxy) is 2. The van der Waals surface area contributed by atoms with Gasteiger partial charge in [0, 0.05) is 19.3 Å². The first-order valence-electron chi connectivity index (χ1n) is 8.01. The normalized spacial score (nSPS) is 14.2. The monoisotopic (exact) mass is 346 g/mol. The van der Waals surface area contributed by atoms with Gasteiger partial charge in [-0.15, -0.1) is 0 Å². The van der Waals surface area contributed by atoms with Crippen LogP contribution in [0.25, 0.3) is 0 Å². The Morgan fingerprint density at radius 1 is 1.28 bits per heavy atom. The number of halogens is 1. The lowest BCUT2D eigenvalue weighted by Crippen LogP contribution is -2.37. The number of carbonyl (C=O) groups excluding carboxylic acids is 1. The molecule has 1 fully saturated rings. The van der Waals surface area contributed by atoms with Crippen molar-refractivity contribution in [3.05, 3.63) is 48.2 Å². The summed E-state index contributed by atoms with van der Waals surface area (Å²) in [6.45, 7) is 2.80. The molecular weight excluding hydrogens is 327 g/mol. The Hall–Kier alpha value is -2.74. The predicted octanol–water partition coefficient (Wildman–Crippen LogP) is 1.15. The van der Waals surface area contributed by atoms with Gasteiger partial charge in [-0.3, -0.25) is 4.79 Å². The minimum Gasteiger partial charge on any atom is -0.481 e. The molecule has 25 heavy (non-hydrogen) atoms. The zero-order valence-electron chi connectivity index (χ0n) is 13.7. The van der Waals surface area contributed by atoms with Gasteiger partial charge in [0.1, 0.15) is 11.6 Å². The fourth-order valence-electron chi connectivity index (χ4n) is 2.38. The molecule has 1 saturated heterocycles. The van der Waals surface area contributed by atoms with Gasteiger partial charge in [-0.1, -0.05) is 12.1 Å². The highest BCUT2D eigenvalue weighted by Crippen LogP contribution is 2.15. The molecule has 1 aromatic heterocycles. The lowest BCUT2D eigenvalue weighted by atomic mass is 10.3. The Morgan fingerprint density at radius 3 is 2.88 bits per heavy atom. The van der Waals surface area contributed by atoms with Crippen LogP contribution < -0.4 is 15.0 Å². The van der Waals surface area contributed by atoms with E-state index in [0.717, 1.165) is 18.9 Å². The molecule has 0 unspecified atom stereocenters. The van der Waals surface area contributed by atoms with E-state index in [1.807, 2.05) is 6.07 Å². The third-order valence-corrected chi connectivity index (χ3v) is 3.66. The van der Waals surface area contributed by atoms with E-state index in [2.05, 4.69) is 20.2 Å². The molecule has 0 spiro atoms. The van der Waals surface area contributed by atoms with Crippen molar-refractivity contribution in [2.45, 2.75) is 6.54 Å². The van der Waals surface area contributed by atoms with Crippen LogP contribution in [0, 0.1) is 5.82 Å². The molecule has 8 heteroatoms. The number of para-hydroxylation sites is 1. The Balaban J connectivity index is 1.49. The minimum atomic E-state index is -0.503. The number of nitrogens with one attached hydrogen (secondary N) is 1. The summed E-state index contributed by atoms with van der Waals surface area (Å²) in [5, 5.41) is 2.66. The Morgan fingerprint density at radius 2 is 2.08 bits per heavy atom.